The summed E-state index contributed by atoms with van der Waals surface area (Å²) in [5, 5.41) is 6.35. The summed E-state index contributed by atoms with van der Waals surface area (Å²) in [4.78, 5) is 8.66. The van der Waals surface area contributed by atoms with Crippen LogP contribution in [0.25, 0.3) is 0 Å². The molecule has 7 heteroatoms. The van der Waals surface area contributed by atoms with Crippen molar-refractivity contribution < 1.29 is 13.9 Å². The molecule has 2 N–H and O–H groups in total. The molecule has 3 aromatic rings. The molecule has 4 rings (SSSR count). The van der Waals surface area contributed by atoms with Crippen LogP contribution in [0.2, 0.25) is 0 Å². The lowest BCUT2D eigenvalue weighted by Crippen LogP contribution is -2.15. The molecule has 0 unspecified atom stereocenters. The van der Waals surface area contributed by atoms with Crippen molar-refractivity contribution in [3.63, 3.8) is 0 Å². The van der Waals surface area contributed by atoms with Crippen LogP contribution in [0, 0.1) is 5.82 Å². The molecule has 132 valence electrons. The third kappa shape index (κ3) is 3.83. The summed E-state index contributed by atoms with van der Waals surface area (Å²) >= 11 is 0. The Hall–Kier alpha value is -3.35. The van der Waals surface area contributed by atoms with Gasteiger partial charge < -0.3 is 20.1 Å². The molecule has 0 radical (unpaired) electrons. The zero-order chi connectivity index (χ0) is 17.8. The summed E-state index contributed by atoms with van der Waals surface area (Å²) in [7, 11) is 0. The van der Waals surface area contributed by atoms with E-state index < -0.39 is 0 Å². The number of benzene rings is 2. The maximum absolute atomic E-state index is 12.9. The number of nitrogens with one attached hydrogen (secondary N) is 2. The van der Waals surface area contributed by atoms with E-state index in [0.717, 1.165) is 17.0 Å². The van der Waals surface area contributed by atoms with Gasteiger partial charge in [-0.15, -0.1) is 0 Å². The molecule has 0 fully saturated rings. The number of ether oxygens (including phenoxy) is 2. The van der Waals surface area contributed by atoms with E-state index in [1.165, 1.54) is 12.1 Å². The summed E-state index contributed by atoms with van der Waals surface area (Å²) in [5.41, 5.74) is 1.77. The fourth-order valence-corrected chi connectivity index (χ4v) is 2.56. The van der Waals surface area contributed by atoms with E-state index in [9.17, 15) is 4.39 Å². The van der Waals surface area contributed by atoms with E-state index in [1.54, 1.807) is 24.4 Å². The zero-order valence-electron chi connectivity index (χ0n) is 13.9. The van der Waals surface area contributed by atoms with Gasteiger partial charge in [-0.25, -0.2) is 9.37 Å². The lowest BCUT2D eigenvalue weighted by atomic mass is 10.2. The highest BCUT2D eigenvalue weighted by molar-refractivity contribution is 5.60. The summed E-state index contributed by atoms with van der Waals surface area (Å²) in [6.07, 6.45) is 1.67. The number of rotatable bonds is 5. The van der Waals surface area contributed by atoms with Gasteiger partial charge in [0.1, 0.15) is 24.8 Å². The molecule has 2 aromatic carbocycles. The molecular formula is C19H17FN4O2. The lowest BCUT2D eigenvalue weighted by Gasteiger charge is -2.19. The van der Waals surface area contributed by atoms with Gasteiger partial charge in [-0.2, -0.15) is 4.98 Å². The van der Waals surface area contributed by atoms with Crippen LogP contribution in [0.3, 0.4) is 0 Å². The molecule has 2 heterocycles. The number of nitrogens with zero attached hydrogens (tertiary/aromatic N) is 2. The Labute approximate surface area is 150 Å². The predicted octanol–water partition coefficient (Wildman–Crippen LogP) is 3.74. The minimum atomic E-state index is -0.248. The first-order chi connectivity index (χ1) is 12.8. The monoisotopic (exact) mass is 352 g/mol. The van der Waals surface area contributed by atoms with E-state index >= 15 is 0 Å². The van der Waals surface area contributed by atoms with Gasteiger partial charge in [-0.1, -0.05) is 12.1 Å². The normalized spacial score (nSPS) is 12.5. The van der Waals surface area contributed by atoms with Crippen molar-refractivity contribution in [3.8, 4) is 11.5 Å². The second-order valence-corrected chi connectivity index (χ2v) is 5.73. The van der Waals surface area contributed by atoms with Gasteiger partial charge in [-0.05, 0) is 35.9 Å². The van der Waals surface area contributed by atoms with Crippen LogP contribution in [0.1, 0.15) is 5.56 Å². The van der Waals surface area contributed by atoms with Gasteiger partial charge in [0.15, 0.2) is 11.5 Å². The minimum Gasteiger partial charge on any atom is -0.486 e. The third-order valence-corrected chi connectivity index (χ3v) is 3.84. The molecule has 0 aliphatic carbocycles. The highest BCUT2D eigenvalue weighted by Gasteiger charge is 2.12. The Bertz CT molecular complexity index is 902. The predicted molar refractivity (Wildman–Crippen MR) is 96.5 cm³/mol. The van der Waals surface area contributed by atoms with Crippen molar-refractivity contribution in [1.82, 2.24) is 9.97 Å². The van der Waals surface area contributed by atoms with Crippen LogP contribution in [-0.4, -0.2) is 23.2 Å². The van der Waals surface area contributed by atoms with Gasteiger partial charge in [0.2, 0.25) is 5.95 Å². The average molecular weight is 352 g/mol. The summed E-state index contributed by atoms with van der Waals surface area (Å²) in [6.45, 7) is 1.64. The standard InChI is InChI=1S/C19H17FN4O2/c20-14-3-1-13(2-4-14)12-22-18-7-8-21-19(24-18)23-15-5-6-16-17(11-15)26-10-9-25-16/h1-8,11H,9-10,12H2,(H2,21,22,23,24). The SMILES string of the molecule is Fc1ccc(CNc2ccnc(Nc3ccc4c(c3)OCCO4)n2)cc1. The maximum atomic E-state index is 12.9. The van der Waals surface area contributed by atoms with Crippen LogP contribution in [-0.2, 0) is 6.54 Å². The highest BCUT2D eigenvalue weighted by Crippen LogP contribution is 2.33. The number of fused-ring (bicyclic) bond motifs is 1. The van der Waals surface area contributed by atoms with E-state index in [0.29, 0.717) is 37.3 Å². The van der Waals surface area contributed by atoms with Gasteiger partial charge in [0, 0.05) is 24.5 Å². The Morgan fingerprint density at radius 2 is 1.77 bits per heavy atom. The van der Waals surface area contributed by atoms with Crippen molar-refractivity contribution in [2.75, 3.05) is 23.8 Å². The van der Waals surface area contributed by atoms with Gasteiger partial charge >= 0.3 is 0 Å². The first-order valence-corrected chi connectivity index (χ1v) is 8.24. The molecule has 1 aliphatic rings. The Morgan fingerprint density at radius 3 is 2.62 bits per heavy atom. The van der Waals surface area contributed by atoms with E-state index in [1.807, 2.05) is 18.2 Å². The molecule has 0 amide bonds. The molecule has 1 aromatic heterocycles. The number of hydrogen-bond donors (Lipinski definition) is 2. The van der Waals surface area contributed by atoms with Crippen LogP contribution in [0.15, 0.2) is 54.7 Å². The van der Waals surface area contributed by atoms with Crippen molar-refractivity contribution in [3.05, 3.63) is 66.1 Å². The van der Waals surface area contributed by atoms with Crippen LogP contribution >= 0.6 is 0 Å². The fourth-order valence-electron chi connectivity index (χ4n) is 2.56. The van der Waals surface area contributed by atoms with Crippen molar-refractivity contribution in [2.24, 2.45) is 0 Å². The number of aromatic nitrogens is 2. The number of anilines is 3. The second kappa shape index (κ2) is 7.26. The largest absolute Gasteiger partial charge is 0.486 e. The topological polar surface area (TPSA) is 68.3 Å². The van der Waals surface area contributed by atoms with Gasteiger partial charge in [0.25, 0.3) is 0 Å². The van der Waals surface area contributed by atoms with E-state index in [4.69, 9.17) is 9.47 Å². The third-order valence-electron chi connectivity index (χ3n) is 3.84. The van der Waals surface area contributed by atoms with Crippen molar-refractivity contribution in [2.45, 2.75) is 6.54 Å². The first kappa shape index (κ1) is 16.1. The Balaban J connectivity index is 1.43. The lowest BCUT2D eigenvalue weighted by molar-refractivity contribution is 0.171. The Kier molecular flexibility index (Phi) is 4.51. The van der Waals surface area contributed by atoms with Crippen LogP contribution < -0.4 is 20.1 Å². The van der Waals surface area contributed by atoms with Crippen molar-refractivity contribution >= 4 is 17.5 Å². The molecule has 0 atom stereocenters. The quantitative estimate of drug-likeness (QED) is 0.729. The smallest absolute Gasteiger partial charge is 0.229 e. The summed E-state index contributed by atoms with van der Waals surface area (Å²) < 4.78 is 24.0. The second-order valence-electron chi connectivity index (χ2n) is 5.73. The van der Waals surface area contributed by atoms with Crippen LogP contribution in [0.5, 0.6) is 11.5 Å². The van der Waals surface area contributed by atoms with Gasteiger partial charge in [0.05, 0.1) is 0 Å². The summed E-state index contributed by atoms with van der Waals surface area (Å²) in [5.74, 6) is 2.32. The minimum absolute atomic E-state index is 0.248. The highest BCUT2D eigenvalue weighted by atomic mass is 19.1. The molecule has 0 spiro atoms. The maximum Gasteiger partial charge on any atom is 0.229 e. The molecule has 26 heavy (non-hydrogen) atoms. The van der Waals surface area contributed by atoms with E-state index in [2.05, 4.69) is 20.6 Å². The molecule has 6 nitrogen and oxygen atoms in total. The van der Waals surface area contributed by atoms with E-state index in [-0.39, 0.29) is 5.82 Å². The summed E-state index contributed by atoms with van der Waals surface area (Å²) in [6, 6.07) is 13.7. The fraction of sp³-hybridized carbons (Fsp3) is 0.158. The Morgan fingerprint density at radius 1 is 0.962 bits per heavy atom. The zero-order valence-corrected chi connectivity index (χ0v) is 13.9. The van der Waals surface area contributed by atoms with Gasteiger partial charge in [-0.3, -0.25) is 0 Å². The van der Waals surface area contributed by atoms with Crippen LogP contribution in [0.4, 0.5) is 21.8 Å². The number of halogens is 1. The molecule has 0 saturated heterocycles. The number of hydrogen-bond acceptors (Lipinski definition) is 6. The molecular weight excluding hydrogens is 335 g/mol. The van der Waals surface area contributed by atoms with Crippen molar-refractivity contribution in [1.29, 1.82) is 0 Å². The average Bonchev–Trinajstić information content (AvgIpc) is 2.68. The first-order valence-electron chi connectivity index (χ1n) is 8.24. The molecule has 0 saturated carbocycles. The molecule has 0 bridgehead atoms. The molecule has 1 aliphatic heterocycles.